The minimum absolute atomic E-state index is 0.143. The highest BCUT2D eigenvalue weighted by Gasteiger charge is 2.21. The van der Waals surface area contributed by atoms with E-state index in [1.165, 1.54) is 12.1 Å². The summed E-state index contributed by atoms with van der Waals surface area (Å²) in [7, 11) is -3.62. The van der Waals surface area contributed by atoms with Crippen molar-refractivity contribution in [3.05, 3.63) is 81.7 Å². The maximum absolute atomic E-state index is 12.7. The van der Waals surface area contributed by atoms with Crippen molar-refractivity contribution in [2.45, 2.75) is 22.6 Å². The van der Waals surface area contributed by atoms with Gasteiger partial charge in [-0.1, -0.05) is 47.5 Å². The van der Waals surface area contributed by atoms with Gasteiger partial charge in [0.05, 0.1) is 9.77 Å². The van der Waals surface area contributed by atoms with Crippen LogP contribution in [0.25, 0.3) is 0 Å². The normalized spacial score (nSPS) is 11.3. The van der Waals surface area contributed by atoms with E-state index in [4.69, 9.17) is 11.6 Å². The molecule has 0 aliphatic heterocycles. The number of nitrogens with one attached hydrogen (secondary N) is 1. The fraction of sp³-hybridized carbons (Fsp3) is 0.105. The summed E-state index contributed by atoms with van der Waals surface area (Å²) < 4.78 is 25.5. The first-order chi connectivity index (χ1) is 12.4. The first kappa shape index (κ1) is 18.6. The molecule has 0 aliphatic rings. The van der Waals surface area contributed by atoms with Crippen LogP contribution in [0.2, 0.25) is 5.02 Å². The number of hydrogen-bond donors (Lipinski definition) is 1. The van der Waals surface area contributed by atoms with Crippen molar-refractivity contribution in [3.8, 4) is 0 Å². The van der Waals surface area contributed by atoms with Crippen LogP contribution in [0.1, 0.15) is 20.8 Å². The van der Waals surface area contributed by atoms with Crippen LogP contribution >= 0.6 is 22.9 Å². The van der Waals surface area contributed by atoms with Crippen molar-refractivity contribution in [1.82, 2.24) is 5.32 Å². The minimum Gasteiger partial charge on any atom is -0.347 e. The van der Waals surface area contributed by atoms with Gasteiger partial charge in [0.25, 0.3) is 5.91 Å². The van der Waals surface area contributed by atoms with Crippen molar-refractivity contribution in [1.29, 1.82) is 0 Å². The number of amides is 1. The smallest absolute Gasteiger partial charge is 0.261 e. The van der Waals surface area contributed by atoms with E-state index in [0.717, 1.165) is 22.5 Å². The molecule has 0 atom stereocenters. The average molecular weight is 406 g/mol. The molecule has 0 spiro atoms. The molecule has 1 aromatic heterocycles. The first-order valence-electron chi connectivity index (χ1n) is 7.81. The van der Waals surface area contributed by atoms with Gasteiger partial charge in [-0.15, -0.1) is 11.3 Å². The number of carbonyl (C=O) groups is 1. The fourth-order valence-corrected chi connectivity index (χ4v) is 5.15. The molecule has 0 fully saturated rings. The maximum atomic E-state index is 12.7. The molecule has 7 heteroatoms. The third kappa shape index (κ3) is 3.98. The Labute approximate surface area is 161 Å². The van der Waals surface area contributed by atoms with Crippen molar-refractivity contribution in [2.75, 3.05) is 0 Å². The number of halogens is 1. The molecule has 0 aliphatic carbocycles. The molecule has 0 saturated carbocycles. The molecule has 134 valence electrons. The Kier molecular flexibility index (Phi) is 5.46. The number of sulfone groups is 1. The summed E-state index contributed by atoms with van der Waals surface area (Å²) >= 11 is 7.02. The zero-order chi connectivity index (χ0) is 18.7. The molecule has 2 aromatic carbocycles. The average Bonchev–Trinajstić information content (AvgIpc) is 3.12. The summed E-state index contributed by atoms with van der Waals surface area (Å²) in [6, 6.07) is 16.8. The molecule has 26 heavy (non-hydrogen) atoms. The van der Waals surface area contributed by atoms with E-state index >= 15 is 0 Å². The van der Waals surface area contributed by atoms with Gasteiger partial charge < -0.3 is 5.32 Å². The van der Waals surface area contributed by atoms with Gasteiger partial charge in [0.1, 0.15) is 4.21 Å². The van der Waals surface area contributed by atoms with Gasteiger partial charge in [-0.05, 0) is 42.8 Å². The largest absolute Gasteiger partial charge is 0.347 e. The van der Waals surface area contributed by atoms with Crippen LogP contribution in [-0.2, 0) is 16.4 Å². The Hall–Kier alpha value is -2.15. The van der Waals surface area contributed by atoms with Gasteiger partial charge >= 0.3 is 0 Å². The highest BCUT2D eigenvalue weighted by molar-refractivity contribution is 7.93. The number of carbonyl (C=O) groups excluding carboxylic acids is 1. The molecule has 1 heterocycles. The molecule has 0 saturated heterocycles. The topological polar surface area (TPSA) is 63.2 Å². The number of benzene rings is 2. The van der Waals surface area contributed by atoms with Crippen molar-refractivity contribution in [2.24, 2.45) is 0 Å². The van der Waals surface area contributed by atoms with Crippen LogP contribution in [0.5, 0.6) is 0 Å². The molecular weight excluding hydrogens is 390 g/mol. The van der Waals surface area contributed by atoms with Crippen molar-refractivity contribution < 1.29 is 13.2 Å². The zero-order valence-corrected chi connectivity index (χ0v) is 16.3. The lowest BCUT2D eigenvalue weighted by atomic mass is 10.2. The summed E-state index contributed by atoms with van der Waals surface area (Å²) in [6.45, 7) is 2.17. The Bertz CT molecular complexity index is 1040. The Balaban J connectivity index is 1.75. The van der Waals surface area contributed by atoms with E-state index in [1.54, 1.807) is 30.3 Å². The third-order valence-corrected chi connectivity index (χ3v) is 7.51. The Morgan fingerprint density at radius 3 is 2.42 bits per heavy atom. The van der Waals surface area contributed by atoms with Gasteiger partial charge in [0, 0.05) is 11.6 Å². The van der Waals surface area contributed by atoms with Gasteiger partial charge in [-0.3, -0.25) is 4.79 Å². The quantitative estimate of drug-likeness (QED) is 0.681. The second-order valence-electron chi connectivity index (χ2n) is 5.71. The lowest BCUT2D eigenvalue weighted by Crippen LogP contribution is -2.21. The van der Waals surface area contributed by atoms with Gasteiger partial charge in [0.2, 0.25) is 9.84 Å². The van der Waals surface area contributed by atoms with Crippen LogP contribution in [0.3, 0.4) is 0 Å². The molecule has 0 bridgehead atoms. The van der Waals surface area contributed by atoms with E-state index in [2.05, 4.69) is 5.32 Å². The molecule has 3 rings (SSSR count). The van der Waals surface area contributed by atoms with E-state index in [1.807, 2.05) is 25.1 Å². The summed E-state index contributed by atoms with van der Waals surface area (Å²) in [5.74, 6) is -0.333. The van der Waals surface area contributed by atoms with Gasteiger partial charge in [0.15, 0.2) is 0 Å². The number of thiophene rings is 1. The van der Waals surface area contributed by atoms with E-state index in [9.17, 15) is 13.2 Å². The number of aryl methyl sites for hydroxylation is 1. The minimum atomic E-state index is -3.62. The van der Waals surface area contributed by atoms with Crippen molar-refractivity contribution >= 4 is 38.7 Å². The zero-order valence-electron chi connectivity index (χ0n) is 13.9. The maximum Gasteiger partial charge on any atom is 0.261 e. The SMILES string of the molecule is Cc1ccc(S(=O)(=O)c2ccc(C(=O)NCc3ccccc3Cl)s2)cc1. The van der Waals surface area contributed by atoms with E-state index in [-0.39, 0.29) is 21.6 Å². The van der Waals surface area contributed by atoms with Gasteiger partial charge in [-0.25, -0.2) is 8.42 Å². The second-order valence-corrected chi connectivity index (χ2v) is 9.38. The number of rotatable bonds is 5. The van der Waals surface area contributed by atoms with Crippen LogP contribution < -0.4 is 5.32 Å². The van der Waals surface area contributed by atoms with Crippen LogP contribution in [0.4, 0.5) is 0 Å². The summed E-state index contributed by atoms with van der Waals surface area (Å²) in [6.07, 6.45) is 0. The molecular formula is C19H16ClNO3S2. The Morgan fingerprint density at radius 2 is 1.73 bits per heavy atom. The Morgan fingerprint density at radius 1 is 1.04 bits per heavy atom. The molecule has 3 aromatic rings. The standard InChI is InChI=1S/C19H16ClNO3S2/c1-13-6-8-15(9-7-13)26(23,24)18-11-10-17(25-18)19(22)21-12-14-4-2-3-5-16(14)20/h2-11H,12H2,1H3,(H,21,22). The van der Waals surface area contributed by atoms with Gasteiger partial charge in [-0.2, -0.15) is 0 Å². The monoisotopic (exact) mass is 405 g/mol. The van der Waals surface area contributed by atoms with E-state index in [0.29, 0.717) is 9.90 Å². The predicted octanol–water partition coefficient (Wildman–Crippen LogP) is 4.47. The summed E-state index contributed by atoms with van der Waals surface area (Å²) in [5, 5.41) is 3.33. The van der Waals surface area contributed by atoms with Crippen molar-refractivity contribution in [3.63, 3.8) is 0 Å². The van der Waals surface area contributed by atoms with Crippen LogP contribution in [0.15, 0.2) is 69.8 Å². The molecule has 1 N–H and O–H groups in total. The highest BCUT2D eigenvalue weighted by Crippen LogP contribution is 2.28. The van der Waals surface area contributed by atoms with Crippen LogP contribution in [-0.4, -0.2) is 14.3 Å². The molecule has 0 unspecified atom stereocenters. The van der Waals surface area contributed by atoms with E-state index < -0.39 is 9.84 Å². The lowest BCUT2D eigenvalue weighted by Gasteiger charge is -2.05. The number of hydrogen-bond acceptors (Lipinski definition) is 4. The highest BCUT2D eigenvalue weighted by atomic mass is 35.5. The molecule has 1 amide bonds. The lowest BCUT2D eigenvalue weighted by molar-refractivity contribution is 0.0955. The summed E-state index contributed by atoms with van der Waals surface area (Å²) in [4.78, 5) is 12.9. The molecule has 4 nitrogen and oxygen atoms in total. The summed E-state index contributed by atoms with van der Waals surface area (Å²) in [5.41, 5.74) is 1.78. The molecule has 0 radical (unpaired) electrons. The third-order valence-electron chi connectivity index (χ3n) is 3.80. The fourth-order valence-electron chi connectivity index (χ4n) is 2.32. The predicted molar refractivity (Wildman–Crippen MR) is 104 cm³/mol. The second kappa shape index (κ2) is 7.61. The van der Waals surface area contributed by atoms with Crippen LogP contribution in [0, 0.1) is 6.92 Å². The first-order valence-corrected chi connectivity index (χ1v) is 10.5.